The Morgan fingerprint density at radius 1 is 1.00 bits per heavy atom. The van der Waals surface area contributed by atoms with E-state index in [9.17, 15) is 0 Å². The first-order valence-electron chi connectivity index (χ1n) is 7.54. The summed E-state index contributed by atoms with van der Waals surface area (Å²) in [5.74, 6) is 2.30. The van der Waals surface area contributed by atoms with Crippen molar-refractivity contribution in [3.05, 3.63) is 0 Å². The minimum Gasteiger partial charge on any atom is -0.375 e. The lowest BCUT2D eigenvalue weighted by Crippen LogP contribution is -2.38. The molecule has 0 amide bonds. The molecule has 2 aliphatic rings. The van der Waals surface area contributed by atoms with Crippen LogP contribution in [0, 0.1) is 17.8 Å². The van der Waals surface area contributed by atoms with Gasteiger partial charge in [0.1, 0.15) is 0 Å². The van der Waals surface area contributed by atoms with Crippen LogP contribution in [0.3, 0.4) is 0 Å². The van der Waals surface area contributed by atoms with Gasteiger partial charge >= 0.3 is 0 Å². The first kappa shape index (κ1) is 13.4. The van der Waals surface area contributed by atoms with Gasteiger partial charge in [0.05, 0.1) is 12.2 Å². The number of hydrogen-bond donors (Lipinski definition) is 1. The summed E-state index contributed by atoms with van der Waals surface area (Å²) in [7, 11) is 0. The van der Waals surface area contributed by atoms with E-state index in [4.69, 9.17) is 10.5 Å². The summed E-state index contributed by atoms with van der Waals surface area (Å²) < 4.78 is 6.40. The molecule has 4 unspecified atom stereocenters. The second-order valence-electron chi connectivity index (χ2n) is 6.49. The van der Waals surface area contributed by atoms with E-state index in [0.29, 0.717) is 18.1 Å². The van der Waals surface area contributed by atoms with Crippen LogP contribution in [0.1, 0.15) is 58.8 Å². The molecule has 2 heteroatoms. The van der Waals surface area contributed by atoms with Crippen molar-refractivity contribution >= 4 is 0 Å². The molecule has 2 fully saturated rings. The summed E-state index contributed by atoms with van der Waals surface area (Å²) in [6, 6.07) is 0. The van der Waals surface area contributed by atoms with Gasteiger partial charge < -0.3 is 10.5 Å². The van der Waals surface area contributed by atoms with Crippen LogP contribution in [-0.4, -0.2) is 18.8 Å². The Balaban J connectivity index is 1.85. The highest BCUT2D eigenvalue weighted by atomic mass is 16.5. The van der Waals surface area contributed by atoms with Crippen molar-refractivity contribution in [1.82, 2.24) is 0 Å². The monoisotopic (exact) mass is 239 g/mol. The van der Waals surface area contributed by atoms with Gasteiger partial charge in [0.2, 0.25) is 0 Å². The smallest absolute Gasteiger partial charge is 0.0619 e. The van der Waals surface area contributed by atoms with Crippen molar-refractivity contribution in [3.63, 3.8) is 0 Å². The van der Waals surface area contributed by atoms with Crippen molar-refractivity contribution in [2.75, 3.05) is 6.54 Å². The lowest BCUT2D eigenvalue weighted by atomic mass is 9.81. The third kappa shape index (κ3) is 3.69. The van der Waals surface area contributed by atoms with Gasteiger partial charge in [0, 0.05) is 0 Å². The predicted octanol–water partition coefficient (Wildman–Crippen LogP) is 3.35. The number of rotatable bonds is 3. The van der Waals surface area contributed by atoms with Gasteiger partial charge in [-0.1, -0.05) is 26.7 Å². The third-order valence-electron chi connectivity index (χ3n) is 4.64. The van der Waals surface area contributed by atoms with Crippen LogP contribution in [0.2, 0.25) is 0 Å². The van der Waals surface area contributed by atoms with E-state index in [1.807, 2.05) is 0 Å². The minimum absolute atomic E-state index is 0.455. The van der Waals surface area contributed by atoms with Crippen LogP contribution in [0.4, 0.5) is 0 Å². The number of hydrogen-bond acceptors (Lipinski definition) is 2. The average molecular weight is 239 g/mol. The Morgan fingerprint density at radius 3 is 2.29 bits per heavy atom. The van der Waals surface area contributed by atoms with E-state index in [1.165, 1.54) is 44.9 Å². The molecule has 2 N–H and O–H groups in total. The summed E-state index contributed by atoms with van der Waals surface area (Å²) >= 11 is 0. The van der Waals surface area contributed by atoms with E-state index in [2.05, 4.69) is 13.8 Å². The second-order valence-corrected chi connectivity index (χ2v) is 6.49. The highest BCUT2D eigenvalue weighted by Gasteiger charge is 2.30. The predicted molar refractivity (Wildman–Crippen MR) is 71.9 cm³/mol. The van der Waals surface area contributed by atoms with Gasteiger partial charge in [-0.25, -0.2) is 0 Å². The van der Waals surface area contributed by atoms with Crippen LogP contribution >= 0.6 is 0 Å². The maximum atomic E-state index is 6.40. The van der Waals surface area contributed by atoms with Gasteiger partial charge in [-0.3, -0.25) is 0 Å². The molecule has 4 atom stereocenters. The molecule has 0 aromatic carbocycles. The van der Waals surface area contributed by atoms with Gasteiger partial charge in [0.25, 0.3) is 0 Å². The standard InChI is InChI=1S/C15H29NO/c1-11-7-12(2)9-14(8-11)17-15-6-4-3-5-13(15)10-16/h11-15H,3-10,16H2,1-2H3. The maximum absolute atomic E-state index is 6.40. The Morgan fingerprint density at radius 2 is 1.65 bits per heavy atom. The molecular weight excluding hydrogens is 210 g/mol. The van der Waals surface area contributed by atoms with E-state index in [-0.39, 0.29) is 0 Å². The topological polar surface area (TPSA) is 35.2 Å². The van der Waals surface area contributed by atoms with Crippen molar-refractivity contribution in [2.45, 2.75) is 71.0 Å². The zero-order valence-corrected chi connectivity index (χ0v) is 11.5. The van der Waals surface area contributed by atoms with Crippen LogP contribution in [0.15, 0.2) is 0 Å². The molecule has 0 heterocycles. The molecule has 2 saturated carbocycles. The van der Waals surface area contributed by atoms with E-state index >= 15 is 0 Å². The molecule has 2 aliphatic carbocycles. The fourth-order valence-electron chi connectivity index (χ4n) is 3.85. The summed E-state index contributed by atoms with van der Waals surface area (Å²) in [5, 5.41) is 0. The molecule has 0 radical (unpaired) electrons. The normalized spacial score (nSPS) is 43.6. The molecule has 2 nitrogen and oxygen atoms in total. The highest BCUT2D eigenvalue weighted by molar-refractivity contribution is 4.81. The van der Waals surface area contributed by atoms with Crippen LogP contribution in [0.25, 0.3) is 0 Å². The first-order chi connectivity index (χ1) is 8.19. The van der Waals surface area contributed by atoms with Gasteiger partial charge in [-0.05, 0) is 56.4 Å². The van der Waals surface area contributed by atoms with Crippen molar-refractivity contribution < 1.29 is 4.74 Å². The Hall–Kier alpha value is -0.0800. The van der Waals surface area contributed by atoms with E-state index in [1.54, 1.807) is 0 Å². The van der Waals surface area contributed by atoms with Crippen molar-refractivity contribution in [3.8, 4) is 0 Å². The molecule has 0 saturated heterocycles. The molecule has 17 heavy (non-hydrogen) atoms. The van der Waals surface area contributed by atoms with E-state index in [0.717, 1.165) is 18.4 Å². The van der Waals surface area contributed by atoms with Gasteiger partial charge in [-0.2, -0.15) is 0 Å². The number of ether oxygens (including phenoxy) is 1. The average Bonchev–Trinajstić information content (AvgIpc) is 2.28. The maximum Gasteiger partial charge on any atom is 0.0619 e. The second kappa shape index (κ2) is 6.19. The number of nitrogens with two attached hydrogens (primary N) is 1. The molecule has 2 rings (SSSR count). The van der Waals surface area contributed by atoms with Crippen LogP contribution in [-0.2, 0) is 4.74 Å². The molecular formula is C15H29NO. The zero-order chi connectivity index (χ0) is 12.3. The molecule has 0 spiro atoms. The van der Waals surface area contributed by atoms with Crippen LogP contribution < -0.4 is 5.73 Å². The SMILES string of the molecule is CC1CC(C)CC(OC2CCCCC2CN)C1. The fourth-order valence-corrected chi connectivity index (χ4v) is 3.85. The largest absolute Gasteiger partial charge is 0.375 e. The molecule has 0 aromatic rings. The Kier molecular flexibility index (Phi) is 4.87. The quantitative estimate of drug-likeness (QED) is 0.819. The van der Waals surface area contributed by atoms with Gasteiger partial charge in [-0.15, -0.1) is 0 Å². The summed E-state index contributed by atoms with van der Waals surface area (Å²) in [4.78, 5) is 0. The van der Waals surface area contributed by atoms with Crippen LogP contribution in [0.5, 0.6) is 0 Å². The lowest BCUT2D eigenvalue weighted by Gasteiger charge is -2.38. The fraction of sp³-hybridized carbons (Fsp3) is 1.00. The van der Waals surface area contributed by atoms with Crippen molar-refractivity contribution in [2.24, 2.45) is 23.5 Å². The molecule has 0 aliphatic heterocycles. The summed E-state index contributed by atoms with van der Waals surface area (Å²) in [6.07, 6.45) is 10.1. The van der Waals surface area contributed by atoms with E-state index < -0.39 is 0 Å². The third-order valence-corrected chi connectivity index (χ3v) is 4.64. The van der Waals surface area contributed by atoms with Crippen molar-refractivity contribution in [1.29, 1.82) is 0 Å². The first-order valence-corrected chi connectivity index (χ1v) is 7.54. The molecule has 100 valence electrons. The highest BCUT2D eigenvalue weighted by Crippen LogP contribution is 2.34. The summed E-state index contributed by atoms with van der Waals surface area (Å²) in [6.45, 7) is 5.54. The molecule has 0 aromatic heterocycles. The van der Waals surface area contributed by atoms with Gasteiger partial charge in [0.15, 0.2) is 0 Å². The zero-order valence-electron chi connectivity index (χ0n) is 11.5. The minimum atomic E-state index is 0.455. The Bertz CT molecular complexity index is 221. The Labute approximate surface area is 106 Å². The molecule has 0 bridgehead atoms. The summed E-state index contributed by atoms with van der Waals surface area (Å²) in [5.41, 5.74) is 5.87. The lowest BCUT2D eigenvalue weighted by molar-refractivity contribution is -0.0839.